The van der Waals surface area contributed by atoms with Crippen molar-refractivity contribution in [3.8, 4) is 11.3 Å². The van der Waals surface area contributed by atoms with Crippen molar-refractivity contribution in [3.05, 3.63) is 46.9 Å². The lowest BCUT2D eigenvalue weighted by Crippen LogP contribution is -2.16. The van der Waals surface area contributed by atoms with Crippen LogP contribution in [-0.2, 0) is 5.41 Å². The highest BCUT2D eigenvalue weighted by Crippen LogP contribution is 2.22. The molecule has 1 heterocycles. The van der Waals surface area contributed by atoms with Gasteiger partial charge in [-0.05, 0) is 11.6 Å². The molecule has 1 aromatic carbocycles. The fourth-order valence-electron chi connectivity index (χ4n) is 1.59. The molecule has 0 atom stereocenters. The first kappa shape index (κ1) is 12.0. The van der Waals surface area contributed by atoms with Crippen LogP contribution in [0.4, 0.5) is 0 Å². The maximum Gasteiger partial charge on any atom is 0.130 e. The van der Waals surface area contributed by atoms with E-state index in [0.29, 0.717) is 4.64 Å². The van der Waals surface area contributed by atoms with Gasteiger partial charge in [-0.2, -0.15) is 0 Å². The van der Waals surface area contributed by atoms with E-state index in [1.54, 1.807) is 0 Å². The SMILES string of the molecule is CC(C)(C)c1nc(=S)cc(-c2ccccc2)[nH]1. The van der Waals surface area contributed by atoms with Crippen molar-refractivity contribution < 1.29 is 0 Å². The number of hydrogen-bond acceptors (Lipinski definition) is 2. The summed E-state index contributed by atoms with van der Waals surface area (Å²) in [6.45, 7) is 6.36. The van der Waals surface area contributed by atoms with Gasteiger partial charge in [-0.1, -0.05) is 63.3 Å². The van der Waals surface area contributed by atoms with Crippen LogP contribution in [0.25, 0.3) is 11.3 Å². The van der Waals surface area contributed by atoms with Crippen LogP contribution < -0.4 is 0 Å². The largest absolute Gasteiger partial charge is 0.343 e. The van der Waals surface area contributed by atoms with Gasteiger partial charge in [0.25, 0.3) is 0 Å². The molecule has 17 heavy (non-hydrogen) atoms. The summed E-state index contributed by atoms with van der Waals surface area (Å²) in [5.41, 5.74) is 2.13. The predicted molar refractivity (Wildman–Crippen MR) is 73.6 cm³/mol. The molecular weight excluding hydrogens is 228 g/mol. The van der Waals surface area contributed by atoms with E-state index in [1.807, 2.05) is 24.3 Å². The maximum absolute atomic E-state index is 5.22. The topological polar surface area (TPSA) is 28.7 Å². The molecule has 0 radical (unpaired) electrons. The summed E-state index contributed by atoms with van der Waals surface area (Å²) >= 11 is 5.22. The summed E-state index contributed by atoms with van der Waals surface area (Å²) in [6, 6.07) is 12.1. The van der Waals surface area contributed by atoms with Crippen molar-refractivity contribution in [2.24, 2.45) is 0 Å². The smallest absolute Gasteiger partial charge is 0.130 e. The van der Waals surface area contributed by atoms with Crippen LogP contribution in [0.2, 0.25) is 0 Å². The van der Waals surface area contributed by atoms with Crippen molar-refractivity contribution in [3.63, 3.8) is 0 Å². The second-order valence-electron chi connectivity index (χ2n) is 5.10. The zero-order valence-corrected chi connectivity index (χ0v) is 11.1. The number of aromatic amines is 1. The molecule has 0 aliphatic heterocycles. The molecule has 0 aliphatic carbocycles. The number of nitrogens with one attached hydrogen (secondary N) is 1. The highest BCUT2D eigenvalue weighted by molar-refractivity contribution is 7.71. The van der Waals surface area contributed by atoms with Crippen LogP contribution in [0.15, 0.2) is 36.4 Å². The third-order valence-electron chi connectivity index (χ3n) is 2.54. The van der Waals surface area contributed by atoms with Gasteiger partial charge in [0, 0.05) is 11.1 Å². The molecule has 0 saturated carbocycles. The Kier molecular flexibility index (Phi) is 3.11. The van der Waals surface area contributed by atoms with Crippen LogP contribution in [0.3, 0.4) is 0 Å². The molecule has 0 amide bonds. The fraction of sp³-hybridized carbons (Fsp3) is 0.286. The Morgan fingerprint density at radius 1 is 1.12 bits per heavy atom. The Morgan fingerprint density at radius 2 is 1.76 bits per heavy atom. The van der Waals surface area contributed by atoms with E-state index in [-0.39, 0.29) is 5.41 Å². The lowest BCUT2D eigenvalue weighted by atomic mass is 9.95. The minimum Gasteiger partial charge on any atom is -0.343 e. The summed E-state index contributed by atoms with van der Waals surface area (Å²) in [5, 5.41) is 0. The van der Waals surface area contributed by atoms with Crippen molar-refractivity contribution >= 4 is 12.2 Å². The van der Waals surface area contributed by atoms with Crippen LogP contribution in [0.5, 0.6) is 0 Å². The third kappa shape index (κ3) is 2.80. The van der Waals surface area contributed by atoms with Crippen molar-refractivity contribution in [2.75, 3.05) is 0 Å². The van der Waals surface area contributed by atoms with Gasteiger partial charge in [0.2, 0.25) is 0 Å². The number of nitrogens with zero attached hydrogens (tertiary/aromatic N) is 1. The van der Waals surface area contributed by atoms with E-state index in [0.717, 1.165) is 17.1 Å². The number of hydrogen-bond donors (Lipinski definition) is 1. The summed E-state index contributed by atoms with van der Waals surface area (Å²) in [7, 11) is 0. The highest BCUT2D eigenvalue weighted by Gasteiger charge is 2.16. The van der Waals surface area contributed by atoms with Gasteiger partial charge in [-0.3, -0.25) is 0 Å². The fourth-order valence-corrected chi connectivity index (χ4v) is 1.80. The second kappa shape index (κ2) is 4.41. The molecule has 0 unspecified atom stereocenters. The molecule has 2 nitrogen and oxygen atoms in total. The predicted octanol–water partition coefficient (Wildman–Crippen LogP) is 4.10. The minimum atomic E-state index is -0.0294. The first-order chi connectivity index (χ1) is 7.97. The van der Waals surface area contributed by atoms with Crippen LogP contribution in [0, 0.1) is 4.64 Å². The Morgan fingerprint density at radius 3 is 2.35 bits per heavy atom. The lowest BCUT2D eigenvalue weighted by Gasteiger charge is -2.18. The van der Waals surface area contributed by atoms with E-state index in [1.165, 1.54) is 0 Å². The zero-order chi connectivity index (χ0) is 12.5. The first-order valence-corrected chi connectivity index (χ1v) is 6.05. The zero-order valence-electron chi connectivity index (χ0n) is 10.3. The number of aromatic nitrogens is 2. The standard InChI is InChI=1S/C14H16N2S/c1-14(2,3)13-15-11(9-12(17)16-13)10-7-5-4-6-8-10/h4-9H,1-3H3,(H,15,16,17). The molecule has 0 aliphatic rings. The van der Waals surface area contributed by atoms with Gasteiger partial charge in [0.15, 0.2) is 0 Å². The molecule has 2 aromatic rings. The quantitative estimate of drug-likeness (QED) is 0.765. The molecule has 1 aromatic heterocycles. The molecule has 88 valence electrons. The molecule has 0 bridgehead atoms. The summed E-state index contributed by atoms with van der Waals surface area (Å²) < 4.78 is 0.632. The van der Waals surface area contributed by atoms with Gasteiger partial charge in [0.1, 0.15) is 10.5 Å². The number of benzene rings is 1. The van der Waals surface area contributed by atoms with Gasteiger partial charge in [-0.25, -0.2) is 4.98 Å². The maximum atomic E-state index is 5.22. The van der Waals surface area contributed by atoms with Gasteiger partial charge < -0.3 is 4.98 Å². The average molecular weight is 244 g/mol. The molecule has 0 fully saturated rings. The minimum absolute atomic E-state index is 0.0294. The van der Waals surface area contributed by atoms with Crippen LogP contribution in [-0.4, -0.2) is 9.97 Å². The summed E-state index contributed by atoms with van der Waals surface area (Å²) in [6.07, 6.45) is 0. The highest BCUT2D eigenvalue weighted by atomic mass is 32.1. The van der Waals surface area contributed by atoms with Crippen LogP contribution in [0.1, 0.15) is 26.6 Å². The normalized spacial score (nSPS) is 11.5. The second-order valence-corrected chi connectivity index (χ2v) is 5.52. The molecule has 1 N–H and O–H groups in total. The van der Waals surface area contributed by atoms with E-state index in [2.05, 4.69) is 42.9 Å². The molecule has 0 saturated heterocycles. The monoisotopic (exact) mass is 244 g/mol. The van der Waals surface area contributed by atoms with E-state index < -0.39 is 0 Å². The Labute approximate surface area is 107 Å². The summed E-state index contributed by atoms with van der Waals surface area (Å²) in [5.74, 6) is 0.920. The molecule has 2 rings (SSSR count). The van der Waals surface area contributed by atoms with Gasteiger partial charge in [-0.15, -0.1) is 0 Å². The molecule has 0 spiro atoms. The Balaban J connectivity index is 2.58. The van der Waals surface area contributed by atoms with E-state index in [9.17, 15) is 0 Å². The average Bonchev–Trinajstić information content (AvgIpc) is 2.28. The van der Waals surface area contributed by atoms with E-state index in [4.69, 9.17) is 12.2 Å². The Bertz CT molecular complexity index is 565. The number of H-pyrrole nitrogens is 1. The lowest BCUT2D eigenvalue weighted by molar-refractivity contribution is 0.545. The van der Waals surface area contributed by atoms with Crippen LogP contribution >= 0.6 is 12.2 Å². The first-order valence-electron chi connectivity index (χ1n) is 5.64. The number of rotatable bonds is 1. The van der Waals surface area contributed by atoms with Crippen molar-refractivity contribution in [2.45, 2.75) is 26.2 Å². The van der Waals surface area contributed by atoms with Crippen molar-refractivity contribution in [1.29, 1.82) is 0 Å². The van der Waals surface area contributed by atoms with E-state index >= 15 is 0 Å². The van der Waals surface area contributed by atoms with Gasteiger partial charge in [0.05, 0.1) is 0 Å². The van der Waals surface area contributed by atoms with Gasteiger partial charge >= 0.3 is 0 Å². The molecular formula is C14H16N2S. The summed E-state index contributed by atoms with van der Waals surface area (Å²) in [4.78, 5) is 7.75. The Hall–Kier alpha value is -1.48. The van der Waals surface area contributed by atoms with Crippen molar-refractivity contribution in [1.82, 2.24) is 9.97 Å². The third-order valence-corrected chi connectivity index (χ3v) is 2.75. The molecule has 3 heteroatoms.